The van der Waals surface area contributed by atoms with Crippen LogP contribution in [0.15, 0.2) is 29.3 Å². The number of nitrogens with one attached hydrogen (secondary N) is 3. The Balaban J connectivity index is 2.62. The number of rotatable bonds is 8. The Morgan fingerprint density at radius 2 is 1.96 bits per heavy atom. The van der Waals surface area contributed by atoms with Crippen LogP contribution in [0.4, 0.5) is 0 Å². The third-order valence-electron chi connectivity index (χ3n) is 4.30. The first-order chi connectivity index (χ1) is 11.8. The molecule has 0 atom stereocenters. The van der Waals surface area contributed by atoms with Gasteiger partial charge in [0.15, 0.2) is 5.96 Å². The van der Waals surface area contributed by atoms with Crippen LogP contribution in [0.3, 0.4) is 0 Å². The topological polar surface area (TPSA) is 68.8 Å². The van der Waals surface area contributed by atoms with Crippen molar-refractivity contribution in [2.75, 3.05) is 40.8 Å². The third-order valence-corrected chi connectivity index (χ3v) is 4.30. The Morgan fingerprint density at radius 1 is 1.24 bits per heavy atom. The number of hydrogen-bond acceptors (Lipinski definition) is 3. The lowest BCUT2D eigenvalue weighted by atomic mass is 10.1. The van der Waals surface area contributed by atoms with Gasteiger partial charge in [0.25, 0.3) is 5.91 Å². The molecule has 6 heteroatoms. The monoisotopic (exact) mass is 347 g/mol. The number of carbonyl (C=O) groups excluding carboxylic acids is 1. The number of guanidine groups is 1. The van der Waals surface area contributed by atoms with E-state index in [-0.39, 0.29) is 11.4 Å². The van der Waals surface area contributed by atoms with E-state index in [1.54, 1.807) is 7.05 Å². The maximum Gasteiger partial charge on any atom is 0.251 e. The fraction of sp³-hybridized carbons (Fsp3) is 0.579. The van der Waals surface area contributed by atoms with Crippen molar-refractivity contribution in [2.45, 2.75) is 32.7 Å². The lowest BCUT2D eigenvalue weighted by Crippen LogP contribution is -2.44. The van der Waals surface area contributed by atoms with Crippen LogP contribution in [0.2, 0.25) is 0 Å². The SMILES string of the molecule is CCNC(=NCC(C)(C)N(C)C)NCCc1cccc(C(=O)NC)c1. The number of aliphatic imine (C=N–C) groups is 1. The fourth-order valence-corrected chi connectivity index (χ4v) is 2.09. The molecular formula is C19H33N5O. The van der Waals surface area contributed by atoms with Crippen LogP contribution in [0.5, 0.6) is 0 Å². The molecule has 1 aromatic rings. The number of amides is 1. The Bertz CT molecular complexity index is 581. The number of carbonyl (C=O) groups is 1. The van der Waals surface area contributed by atoms with Crippen LogP contribution in [0, 0.1) is 0 Å². The average Bonchev–Trinajstić information content (AvgIpc) is 2.59. The number of hydrogen-bond donors (Lipinski definition) is 3. The van der Waals surface area contributed by atoms with Gasteiger partial charge in [0.1, 0.15) is 0 Å². The standard InChI is InChI=1S/C19H33N5O/c1-7-21-18(23-14-19(2,3)24(5)6)22-12-11-15-9-8-10-16(13-15)17(25)20-4/h8-10,13H,7,11-12,14H2,1-6H3,(H,20,25)(H2,21,22,23). The van der Waals surface area contributed by atoms with Gasteiger partial charge in [-0.3, -0.25) is 9.79 Å². The molecule has 0 bridgehead atoms. The fourth-order valence-electron chi connectivity index (χ4n) is 2.09. The van der Waals surface area contributed by atoms with Crippen molar-refractivity contribution < 1.29 is 4.79 Å². The van der Waals surface area contributed by atoms with Crippen molar-refractivity contribution in [3.63, 3.8) is 0 Å². The van der Waals surface area contributed by atoms with E-state index in [0.717, 1.165) is 31.0 Å². The second-order valence-corrected chi connectivity index (χ2v) is 6.86. The smallest absolute Gasteiger partial charge is 0.251 e. The number of benzene rings is 1. The summed E-state index contributed by atoms with van der Waals surface area (Å²) >= 11 is 0. The highest BCUT2D eigenvalue weighted by molar-refractivity contribution is 5.94. The molecule has 25 heavy (non-hydrogen) atoms. The summed E-state index contributed by atoms with van der Waals surface area (Å²) in [6.07, 6.45) is 0.826. The zero-order chi connectivity index (χ0) is 18.9. The van der Waals surface area contributed by atoms with Crippen molar-refractivity contribution in [3.05, 3.63) is 35.4 Å². The van der Waals surface area contributed by atoms with E-state index in [4.69, 9.17) is 0 Å². The number of likely N-dealkylation sites (N-methyl/N-ethyl adjacent to an activating group) is 1. The molecule has 0 unspecified atom stereocenters. The third kappa shape index (κ3) is 7.13. The average molecular weight is 348 g/mol. The van der Waals surface area contributed by atoms with Gasteiger partial charge in [-0.2, -0.15) is 0 Å². The van der Waals surface area contributed by atoms with Crippen molar-refractivity contribution in [1.29, 1.82) is 0 Å². The largest absolute Gasteiger partial charge is 0.357 e. The number of nitrogens with zero attached hydrogens (tertiary/aromatic N) is 2. The van der Waals surface area contributed by atoms with E-state index in [1.807, 2.05) is 24.3 Å². The first-order valence-electron chi connectivity index (χ1n) is 8.80. The van der Waals surface area contributed by atoms with Crippen LogP contribution in [-0.2, 0) is 6.42 Å². The van der Waals surface area contributed by atoms with Gasteiger partial charge in [-0.15, -0.1) is 0 Å². The maximum atomic E-state index is 11.7. The first-order valence-corrected chi connectivity index (χ1v) is 8.80. The molecule has 0 saturated carbocycles. The predicted octanol–water partition coefficient (Wildman–Crippen LogP) is 1.48. The molecule has 0 aromatic heterocycles. The molecular weight excluding hydrogens is 314 g/mol. The molecule has 3 N–H and O–H groups in total. The Hall–Kier alpha value is -2.08. The minimum Gasteiger partial charge on any atom is -0.357 e. The normalized spacial score (nSPS) is 12.2. The van der Waals surface area contributed by atoms with E-state index in [9.17, 15) is 4.79 Å². The van der Waals surface area contributed by atoms with Gasteiger partial charge in [0.05, 0.1) is 6.54 Å². The Labute approximate surface area is 152 Å². The summed E-state index contributed by atoms with van der Waals surface area (Å²) in [6, 6.07) is 7.70. The highest BCUT2D eigenvalue weighted by atomic mass is 16.1. The Morgan fingerprint density at radius 3 is 2.56 bits per heavy atom. The van der Waals surface area contributed by atoms with E-state index < -0.39 is 0 Å². The second-order valence-electron chi connectivity index (χ2n) is 6.86. The van der Waals surface area contributed by atoms with Crippen molar-refractivity contribution in [3.8, 4) is 0 Å². The van der Waals surface area contributed by atoms with Gasteiger partial charge in [0, 0.05) is 31.2 Å². The van der Waals surface area contributed by atoms with Gasteiger partial charge in [0.2, 0.25) is 0 Å². The summed E-state index contributed by atoms with van der Waals surface area (Å²) in [7, 11) is 5.77. The van der Waals surface area contributed by atoms with E-state index >= 15 is 0 Å². The molecule has 0 fully saturated rings. The van der Waals surface area contributed by atoms with Crippen LogP contribution in [0.1, 0.15) is 36.7 Å². The van der Waals surface area contributed by atoms with Crippen molar-refractivity contribution in [1.82, 2.24) is 20.9 Å². The molecule has 1 aromatic carbocycles. The molecule has 0 radical (unpaired) electrons. The molecule has 140 valence electrons. The van der Waals surface area contributed by atoms with E-state index in [0.29, 0.717) is 12.1 Å². The summed E-state index contributed by atoms with van der Waals surface area (Å²) in [6.45, 7) is 8.68. The Kier molecular flexibility index (Phi) is 8.41. The molecule has 1 rings (SSSR count). The van der Waals surface area contributed by atoms with Gasteiger partial charge in [-0.05, 0) is 59.0 Å². The lowest BCUT2D eigenvalue weighted by Gasteiger charge is -2.31. The minimum atomic E-state index is -0.0596. The molecule has 6 nitrogen and oxygen atoms in total. The summed E-state index contributed by atoms with van der Waals surface area (Å²) in [5.74, 6) is 0.760. The molecule has 0 aliphatic carbocycles. The van der Waals surface area contributed by atoms with Crippen molar-refractivity contribution in [2.24, 2.45) is 4.99 Å². The molecule has 0 spiro atoms. The highest BCUT2D eigenvalue weighted by Crippen LogP contribution is 2.10. The maximum absolute atomic E-state index is 11.7. The zero-order valence-electron chi connectivity index (χ0n) is 16.4. The first kappa shape index (κ1) is 21.0. The van der Waals surface area contributed by atoms with Gasteiger partial charge < -0.3 is 20.9 Å². The molecule has 0 heterocycles. The quantitative estimate of drug-likeness (QED) is 0.492. The summed E-state index contributed by atoms with van der Waals surface area (Å²) in [5, 5.41) is 9.29. The lowest BCUT2D eigenvalue weighted by molar-refractivity contribution is 0.0963. The van der Waals surface area contributed by atoms with Gasteiger partial charge >= 0.3 is 0 Å². The summed E-state index contributed by atoms with van der Waals surface area (Å²) in [4.78, 5) is 18.6. The molecule has 0 aliphatic heterocycles. The summed E-state index contributed by atoms with van der Waals surface area (Å²) < 4.78 is 0. The molecule has 0 aliphatic rings. The van der Waals surface area contributed by atoms with E-state index in [1.165, 1.54) is 0 Å². The van der Waals surface area contributed by atoms with E-state index in [2.05, 4.69) is 60.7 Å². The van der Waals surface area contributed by atoms with Crippen LogP contribution in [-0.4, -0.2) is 63.1 Å². The van der Waals surface area contributed by atoms with Crippen LogP contribution in [0.25, 0.3) is 0 Å². The highest BCUT2D eigenvalue weighted by Gasteiger charge is 2.19. The van der Waals surface area contributed by atoms with Crippen LogP contribution >= 0.6 is 0 Å². The molecule has 0 saturated heterocycles. The van der Waals surface area contributed by atoms with Crippen molar-refractivity contribution >= 4 is 11.9 Å². The van der Waals surface area contributed by atoms with Crippen LogP contribution < -0.4 is 16.0 Å². The van der Waals surface area contributed by atoms with Gasteiger partial charge in [-0.25, -0.2) is 0 Å². The second kappa shape index (κ2) is 10.0. The summed E-state index contributed by atoms with van der Waals surface area (Å²) in [5.41, 5.74) is 1.82. The minimum absolute atomic E-state index is 0.00416. The zero-order valence-corrected chi connectivity index (χ0v) is 16.4. The van der Waals surface area contributed by atoms with Gasteiger partial charge in [-0.1, -0.05) is 12.1 Å². The predicted molar refractivity (Wildman–Crippen MR) is 105 cm³/mol. The molecule has 1 amide bonds.